The van der Waals surface area contributed by atoms with Gasteiger partial charge in [0, 0.05) is 36.7 Å². The summed E-state index contributed by atoms with van der Waals surface area (Å²) in [6.45, 7) is 3.45. The summed E-state index contributed by atoms with van der Waals surface area (Å²) < 4.78 is 11.4. The van der Waals surface area contributed by atoms with E-state index in [0.717, 1.165) is 16.0 Å². The van der Waals surface area contributed by atoms with Crippen LogP contribution < -0.4 is 14.8 Å². The van der Waals surface area contributed by atoms with Crippen LogP contribution in [0.15, 0.2) is 66.1 Å². The number of carbonyl (C=O) groups excluding carboxylic acids is 2. The van der Waals surface area contributed by atoms with Crippen LogP contribution in [0.2, 0.25) is 0 Å². The van der Waals surface area contributed by atoms with Crippen LogP contribution in [-0.4, -0.2) is 37.4 Å². The fraction of sp³-hybridized carbons (Fsp3) is 0.231. The van der Waals surface area contributed by atoms with Gasteiger partial charge in [0.05, 0.1) is 7.11 Å². The summed E-state index contributed by atoms with van der Waals surface area (Å²) in [5.74, 6) is 1.07. The van der Waals surface area contributed by atoms with Crippen molar-refractivity contribution >= 4 is 29.2 Å². The molecule has 0 unspecified atom stereocenters. The van der Waals surface area contributed by atoms with Crippen molar-refractivity contribution in [3.05, 3.63) is 87.6 Å². The molecule has 1 aromatic heterocycles. The predicted octanol–water partition coefficient (Wildman–Crippen LogP) is 4.76. The predicted molar refractivity (Wildman–Crippen MR) is 132 cm³/mol. The molecule has 1 heterocycles. The third-order valence-electron chi connectivity index (χ3n) is 5.06. The maximum Gasteiger partial charge on any atom is 0.251 e. The van der Waals surface area contributed by atoms with Crippen molar-refractivity contribution in [1.82, 2.24) is 10.2 Å². The Hall–Kier alpha value is -3.58. The Morgan fingerprint density at radius 1 is 1.09 bits per heavy atom. The monoisotopic (exact) mass is 464 g/mol. The van der Waals surface area contributed by atoms with E-state index in [4.69, 9.17) is 9.47 Å². The molecule has 0 aliphatic rings. The highest BCUT2D eigenvalue weighted by Crippen LogP contribution is 2.29. The number of nitrogens with zero attached hydrogens (tertiary/aromatic N) is 1. The van der Waals surface area contributed by atoms with E-state index in [0.29, 0.717) is 36.8 Å². The second-order valence-corrected chi connectivity index (χ2v) is 8.27. The Balaban J connectivity index is 1.63. The van der Waals surface area contributed by atoms with Gasteiger partial charge < -0.3 is 19.7 Å². The first-order chi connectivity index (χ1) is 16.0. The van der Waals surface area contributed by atoms with Crippen molar-refractivity contribution in [2.45, 2.75) is 20.1 Å². The molecule has 2 amide bonds. The quantitative estimate of drug-likeness (QED) is 0.440. The van der Waals surface area contributed by atoms with E-state index >= 15 is 0 Å². The van der Waals surface area contributed by atoms with Crippen LogP contribution in [0.1, 0.15) is 33.3 Å². The lowest BCUT2D eigenvalue weighted by molar-refractivity contribution is -0.126. The molecule has 0 aliphatic heterocycles. The van der Waals surface area contributed by atoms with Gasteiger partial charge in [-0.05, 0) is 59.8 Å². The number of methoxy groups -OCH3 is 1. The molecular formula is C26H28N2O4S. The molecule has 7 heteroatoms. The van der Waals surface area contributed by atoms with E-state index in [-0.39, 0.29) is 11.8 Å². The maximum atomic E-state index is 12.7. The van der Waals surface area contributed by atoms with Crippen LogP contribution in [0.3, 0.4) is 0 Å². The van der Waals surface area contributed by atoms with Crippen LogP contribution in [0.5, 0.6) is 11.5 Å². The van der Waals surface area contributed by atoms with Crippen molar-refractivity contribution < 1.29 is 19.1 Å². The Morgan fingerprint density at radius 2 is 1.88 bits per heavy atom. The molecule has 0 spiro atoms. The molecule has 0 fully saturated rings. The van der Waals surface area contributed by atoms with Gasteiger partial charge in [0.25, 0.3) is 5.91 Å². The molecule has 0 saturated carbocycles. The second-order valence-electron chi connectivity index (χ2n) is 7.24. The number of benzene rings is 2. The Morgan fingerprint density at radius 3 is 2.52 bits per heavy atom. The smallest absolute Gasteiger partial charge is 0.251 e. The minimum atomic E-state index is -0.142. The van der Waals surface area contributed by atoms with Crippen molar-refractivity contribution in [2.24, 2.45) is 0 Å². The zero-order valence-electron chi connectivity index (χ0n) is 19.0. The maximum absolute atomic E-state index is 12.7. The molecule has 0 radical (unpaired) electrons. The van der Waals surface area contributed by atoms with Crippen molar-refractivity contribution in [2.75, 3.05) is 20.7 Å². The Labute approximate surface area is 198 Å². The van der Waals surface area contributed by atoms with Gasteiger partial charge in [-0.3, -0.25) is 9.59 Å². The molecule has 33 heavy (non-hydrogen) atoms. The summed E-state index contributed by atoms with van der Waals surface area (Å²) in [4.78, 5) is 27.3. The molecule has 2 aromatic carbocycles. The summed E-state index contributed by atoms with van der Waals surface area (Å²) in [6.07, 6.45) is 3.30. The van der Waals surface area contributed by atoms with E-state index in [1.165, 1.54) is 0 Å². The first-order valence-corrected chi connectivity index (χ1v) is 11.5. The third kappa shape index (κ3) is 6.70. The average molecular weight is 465 g/mol. The van der Waals surface area contributed by atoms with Crippen LogP contribution in [0.4, 0.5) is 0 Å². The molecular weight excluding hydrogens is 436 g/mol. The van der Waals surface area contributed by atoms with Gasteiger partial charge in [-0.2, -0.15) is 0 Å². The highest BCUT2D eigenvalue weighted by molar-refractivity contribution is 7.09. The highest BCUT2D eigenvalue weighted by atomic mass is 32.1. The fourth-order valence-corrected chi connectivity index (χ4v) is 3.82. The lowest BCUT2D eigenvalue weighted by Crippen LogP contribution is -2.28. The standard InChI is InChI=1S/C26H28N2O4S/c1-4-28(25(29)14-10-19-7-11-21(12-8-19)26(30)27-2)17-20-9-13-23(24(16-20)31-3)32-18-22-6-5-15-33-22/h5-16H,4,17-18H2,1-3H3,(H,27,30)/b14-10+. The number of hydrogen-bond donors (Lipinski definition) is 1. The van der Waals surface area contributed by atoms with Gasteiger partial charge in [0.2, 0.25) is 5.91 Å². The van der Waals surface area contributed by atoms with Gasteiger partial charge in [-0.15, -0.1) is 11.3 Å². The van der Waals surface area contributed by atoms with Gasteiger partial charge >= 0.3 is 0 Å². The molecule has 1 N–H and O–H groups in total. The summed E-state index contributed by atoms with van der Waals surface area (Å²) in [6, 6.07) is 16.8. The van der Waals surface area contributed by atoms with Crippen molar-refractivity contribution in [1.29, 1.82) is 0 Å². The van der Waals surface area contributed by atoms with Crippen LogP contribution >= 0.6 is 11.3 Å². The van der Waals surface area contributed by atoms with Gasteiger partial charge in [0.15, 0.2) is 11.5 Å². The molecule has 0 aliphatic carbocycles. The number of nitrogens with one attached hydrogen (secondary N) is 1. The average Bonchev–Trinajstić information content (AvgIpc) is 3.38. The van der Waals surface area contributed by atoms with Gasteiger partial charge in [-0.1, -0.05) is 24.3 Å². The number of amides is 2. The molecule has 6 nitrogen and oxygen atoms in total. The van der Waals surface area contributed by atoms with Crippen LogP contribution in [-0.2, 0) is 17.9 Å². The molecule has 3 aromatic rings. The molecule has 3 rings (SSSR count). The minimum Gasteiger partial charge on any atom is -0.493 e. The van der Waals surface area contributed by atoms with E-state index in [1.54, 1.807) is 54.7 Å². The number of hydrogen-bond acceptors (Lipinski definition) is 5. The first kappa shape index (κ1) is 24.1. The SMILES string of the molecule is CCN(Cc1ccc(OCc2cccs2)c(OC)c1)C(=O)/C=C/c1ccc(C(=O)NC)cc1. The van der Waals surface area contributed by atoms with Crippen molar-refractivity contribution in [3.63, 3.8) is 0 Å². The summed E-state index contributed by atoms with van der Waals surface area (Å²) in [5.41, 5.74) is 2.38. The molecule has 0 atom stereocenters. The Kier molecular flexibility index (Phi) is 8.66. The van der Waals surface area contributed by atoms with E-state index in [1.807, 2.05) is 54.8 Å². The zero-order chi connectivity index (χ0) is 23.6. The summed E-state index contributed by atoms with van der Waals surface area (Å²) in [7, 11) is 3.20. The normalized spacial score (nSPS) is 10.8. The number of carbonyl (C=O) groups is 2. The van der Waals surface area contributed by atoms with Crippen LogP contribution in [0, 0.1) is 0 Å². The lowest BCUT2D eigenvalue weighted by atomic mass is 10.1. The second kappa shape index (κ2) is 11.9. The highest BCUT2D eigenvalue weighted by Gasteiger charge is 2.12. The van der Waals surface area contributed by atoms with E-state index in [9.17, 15) is 9.59 Å². The first-order valence-electron chi connectivity index (χ1n) is 10.6. The Bertz CT molecular complexity index is 1090. The van der Waals surface area contributed by atoms with Crippen LogP contribution in [0.25, 0.3) is 6.08 Å². The topological polar surface area (TPSA) is 67.9 Å². The number of ether oxygens (including phenoxy) is 2. The third-order valence-corrected chi connectivity index (χ3v) is 5.91. The van der Waals surface area contributed by atoms with Gasteiger partial charge in [0.1, 0.15) is 6.61 Å². The fourth-order valence-electron chi connectivity index (χ4n) is 3.20. The van der Waals surface area contributed by atoms with E-state index < -0.39 is 0 Å². The molecule has 0 saturated heterocycles. The molecule has 172 valence electrons. The largest absolute Gasteiger partial charge is 0.493 e. The summed E-state index contributed by atoms with van der Waals surface area (Å²) in [5, 5.41) is 4.61. The van der Waals surface area contributed by atoms with Crippen molar-refractivity contribution in [3.8, 4) is 11.5 Å². The number of thiophene rings is 1. The number of likely N-dealkylation sites (N-methyl/N-ethyl adjacent to an activating group) is 1. The summed E-state index contributed by atoms with van der Waals surface area (Å²) >= 11 is 1.64. The zero-order valence-corrected chi connectivity index (χ0v) is 19.9. The number of rotatable bonds is 10. The van der Waals surface area contributed by atoms with Gasteiger partial charge in [-0.25, -0.2) is 0 Å². The lowest BCUT2D eigenvalue weighted by Gasteiger charge is -2.20. The van der Waals surface area contributed by atoms with E-state index in [2.05, 4.69) is 5.32 Å². The minimum absolute atomic E-state index is 0.0927. The molecule has 0 bridgehead atoms.